The monoisotopic (exact) mass is 501 g/mol. The molecule has 0 unspecified atom stereocenters. The summed E-state index contributed by atoms with van der Waals surface area (Å²) in [4.78, 5) is 39.6. The van der Waals surface area contributed by atoms with Crippen molar-refractivity contribution < 1.29 is 19.5 Å². The van der Waals surface area contributed by atoms with Gasteiger partial charge in [0.1, 0.15) is 0 Å². The van der Waals surface area contributed by atoms with Crippen LogP contribution in [0.5, 0.6) is 0 Å². The van der Waals surface area contributed by atoms with Crippen LogP contribution >= 0.6 is 34.8 Å². The predicted molar refractivity (Wildman–Crippen MR) is 127 cm³/mol. The highest BCUT2D eigenvalue weighted by Gasteiger charge is 2.35. The number of carbonyl (C=O) groups is 3. The number of ketones is 1. The largest absolute Gasteiger partial charge is 0.478 e. The van der Waals surface area contributed by atoms with Gasteiger partial charge in [0.05, 0.1) is 21.7 Å². The second kappa shape index (κ2) is 9.56. The Labute approximate surface area is 205 Å². The van der Waals surface area contributed by atoms with Gasteiger partial charge < -0.3 is 10.0 Å². The molecule has 1 heterocycles. The van der Waals surface area contributed by atoms with E-state index >= 15 is 0 Å². The second-order valence-corrected chi connectivity index (χ2v) is 9.10. The maximum absolute atomic E-state index is 13.6. The molecule has 1 aliphatic rings. The van der Waals surface area contributed by atoms with Gasteiger partial charge in [-0.05, 0) is 59.2 Å². The van der Waals surface area contributed by atoms with Crippen LogP contribution in [0.15, 0.2) is 60.7 Å². The minimum atomic E-state index is -1.04. The Morgan fingerprint density at radius 1 is 0.909 bits per heavy atom. The number of carboxylic acid groups (broad SMARTS) is 1. The zero-order valence-electron chi connectivity index (χ0n) is 17.2. The van der Waals surface area contributed by atoms with Gasteiger partial charge in [0, 0.05) is 30.0 Å². The molecule has 0 radical (unpaired) electrons. The van der Waals surface area contributed by atoms with Crippen LogP contribution in [-0.2, 0) is 24.2 Å². The molecule has 1 N–H and O–H groups in total. The van der Waals surface area contributed by atoms with E-state index in [4.69, 9.17) is 39.9 Å². The van der Waals surface area contributed by atoms with Crippen LogP contribution in [0.4, 0.5) is 0 Å². The molecule has 0 aliphatic carbocycles. The lowest BCUT2D eigenvalue weighted by atomic mass is 9.97. The molecule has 8 heteroatoms. The highest BCUT2D eigenvalue weighted by molar-refractivity contribution is 6.42. The van der Waals surface area contributed by atoms with Gasteiger partial charge in [-0.1, -0.05) is 53.0 Å². The van der Waals surface area contributed by atoms with Gasteiger partial charge in [0.25, 0.3) is 5.91 Å². The molecule has 0 spiro atoms. The van der Waals surface area contributed by atoms with Crippen molar-refractivity contribution in [1.29, 1.82) is 0 Å². The van der Waals surface area contributed by atoms with Crippen LogP contribution < -0.4 is 0 Å². The zero-order chi connectivity index (χ0) is 23.7. The summed E-state index contributed by atoms with van der Waals surface area (Å²) in [6, 6.07) is 15.5. The Morgan fingerprint density at radius 3 is 2.27 bits per heavy atom. The SMILES string of the molecule is O=C(O)c1ccc(CN2C(=O)c3ccc(Cl)cc3CC(=O)[C@H]2Cc2ccc(Cl)c(Cl)c2)cc1. The van der Waals surface area contributed by atoms with Gasteiger partial charge in [-0.2, -0.15) is 0 Å². The number of carboxylic acids is 1. The Bertz CT molecular complexity index is 1260. The fraction of sp³-hybridized carbons (Fsp3) is 0.160. The van der Waals surface area contributed by atoms with Gasteiger partial charge >= 0.3 is 5.97 Å². The molecule has 0 fully saturated rings. The predicted octanol–water partition coefficient (Wildman–Crippen LogP) is 5.72. The van der Waals surface area contributed by atoms with Crippen LogP contribution in [0.25, 0.3) is 0 Å². The molecule has 3 aromatic rings. The first-order chi connectivity index (χ1) is 15.7. The summed E-state index contributed by atoms with van der Waals surface area (Å²) in [7, 11) is 0. The van der Waals surface area contributed by atoms with E-state index in [-0.39, 0.29) is 36.6 Å². The number of hydrogen-bond acceptors (Lipinski definition) is 3. The van der Waals surface area contributed by atoms with E-state index in [0.29, 0.717) is 31.8 Å². The highest BCUT2D eigenvalue weighted by atomic mass is 35.5. The third kappa shape index (κ3) is 5.06. The lowest BCUT2D eigenvalue weighted by molar-refractivity contribution is -0.122. The fourth-order valence-electron chi connectivity index (χ4n) is 3.94. The fourth-order valence-corrected chi connectivity index (χ4v) is 4.45. The summed E-state index contributed by atoms with van der Waals surface area (Å²) < 4.78 is 0. The number of halogens is 3. The summed E-state index contributed by atoms with van der Waals surface area (Å²) in [6.45, 7) is 0.137. The number of Topliss-reactive ketones (excluding diaryl/α,β-unsaturated/α-hetero) is 1. The Morgan fingerprint density at radius 2 is 1.61 bits per heavy atom. The zero-order valence-corrected chi connectivity index (χ0v) is 19.5. The van der Waals surface area contributed by atoms with E-state index in [1.54, 1.807) is 48.5 Å². The minimum absolute atomic E-state index is 0.0715. The van der Waals surface area contributed by atoms with Gasteiger partial charge in [0.15, 0.2) is 5.78 Å². The molecule has 1 atom stereocenters. The number of benzene rings is 3. The normalized spacial score (nSPS) is 15.8. The van der Waals surface area contributed by atoms with Crippen molar-refractivity contribution in [3.8, 4) is 0 Å². The lowest BCUT2D eigenvalue weighted by Gasteiger charge is -2.30. The first-order valence-electron chi connectivity index (χ1n) is 10.1. The van der Waals surface area contributed by atoms with Crippen molar-refractivity contribution in [3.05, 3.63) is 104 Å². The summed E-state index contributed by atoms with van der Waals surface area (Å²) in [5, 5.41) is 10.4. The molecule has 4 rings (SSSR count). The maximum atomic E-state index is 13.6. The molecule has 0 bridgehead atoms. The average Bonchev–Trinajstić information content (AvgIpc) is 2.86. The van der Waals surface area contributed by atoms with Gasteiger partial charge in [-0.3, -0.25) is 9.59 Å². The number of hydrogen-bond donors (Lipinski definition) is 1. The van der Waals surface area contributed by atoms with Crippen molar-refractivity contribution >= 4 is 52.5 Å². The van der Waals surface area contributed by atoms with E-state index in [1.165, 1.54) is 17.0 Å². The van der Waals surface area contributed by atoms with Crippen LogP contribution in [-0.4, -0.2) is 33.7 Å². The number of rotatable bonds is 5. The molecule has 3 aromatic carbocycles. The topological polar surface area (TPSA) is 74.7 Å². The van der Waals surface area contributed by atoms with Crippen LogP contribution in [0.2, 0.25) is 15.1 Å². The van der Waals surface area contributed by atoms with Crippen molar-refractivity contribution in [2.75, 3.05) is 0 Å². The van der Waals surface area contributed by atoms with Crippen LogP contribution in [0.1, 0.15) is 37.4 Å². The van der Waals surface area contributed by atoms with Crippen LogP contribution in [0, 0.1) is 0 Å². The highest BCUT2D eigenvalue weighted by Crippen LogP contribution is 2.29. The molecule has 168 valence electrons. The molecule has 0 saturated heterocycles. The quantitative estimate of drug-likeness (QED) is 0.484. The third-order valence-electron chi connectivity index (χ3n) is 5.64. The lowest BCUT2D eigenvalue weighted by Crippen LogP contribution is -2.44. The molecule has 1 amide bonds. The third-order valence-corrected chi connectivity index (χ3v) is 6.61. The molecular weight excluding hydrogens is 485 g/mol. The Kier molecular flexibility index (Phi) is 6.75. The number of carbonyl (C=O) groups excluding carboxylic acids is 2. The molecule has 5 nitrogen and oxygen atoms in total. The summed E-state index contributed by atoms with van der Waals surface area (Å²) in [6.07, 6.45) is 0.332. The number of fused-ring (bicyclic) bond motifs is 1. The van der Waals surface area contributed by atoms with E-state index < -0.39 is 12.0 Å². The van der Waals surface area contributed by atoms with E-state index in [0.717, 1.165) is 5.56 Å². The van der Waals surface area contributed by atoms with E-state index in [9.17, 15) is 14.4 Å². The van der Waals surface area contributed by atoms with E-state index in [1.807, 2.05) is 0 Å². The smallest absolute Gasteiger partial charge is 0.335 e. The van der Waals surface area contributed by atoms with Gasteiger partial charge in [-0.15, -0.1) is 0 Å². The Hall–Kier alpha value is -2.86. The summed E-state index contributed by atoms with van der Waals surface area (Å²) >= 11 is 18.3. The standard InChI is InChI=1S/C25H18Cl3NO4/c26-18-6-7-19-17(11-18)12-23(30)22(10-15-3-8-20(27)21(28)9-15)29(24(19)31)13-14-1-4-16(5-2-14)25(32)33/h1-9,11,22H,10,12-13H2,(H,32,33)/t22-/m1/s1. The minimum Gasteiger partial charge on any atom is -0.478 e. The van der Waals surface area contributed by atoms with Gasteiger partial charge in [-0.25, -0.2) is 4.79 Å². The van der Waals surface area contributed by atoms with Crippen molar-refractivity contribution in [3.63, 3.8) is 0 Å². The maximum Gasteiger partial charge on any atom is 0.335 e. The first-order valence-corrected chi connectivity index (χ1v) is 11.2. The van der Waals surface area contributed by atoms with Crippen molar-refractivity contribution in [1.82, 2.24) is 4.90 Å². The molecule has 33 heavy (non-hydrogen) atoms. The molecule has 0 aromatic heterocycles. The number of amides is 1. The van der Waals surface area contributed by atoms with Gasteiger partial charge in [0.2, 0.25) is 0 Å². The van der Waals surface area contributed by atoms with Crippen molar-refractivity contribution in [2.24, 2.45) is 0 Å². The molecule has 1 aliphatic heterocycles. The van der Waals surface area contributed by atoms with Crippen molar-refractivity contribution in [2.45, 2.75) is 25.4 Å². The Balaban J connectivity index is 1.73. The first kappa shape index (κ1) is 23.3. The summed E-state index contributed by atoms with van der Waals surface area (Å²) in [5.74, 6) is -1.46. The summed E-state index contributed by atoms with van der Waals surface area (Å²) in [5.41, 5.74) is 2.62. The molecule has 0 saturated carbocycles. The second-order valence-electron chi connectivity index (χ2n) is 7.85. The van der Waals surface area contributed by atoms with E-state index in [2.05, 4.69) is 0 Å². The number of nitrogens with zero attached hydrogens (tertiary/aromatic N) is 1. The van der Waals surface area contributed by atoms with Crippen LogP contribution in [0.3, 0.4) is 0 Å². The number of aromatic carboxylic acids is 1. The average molecular weight is 503 g/mol. The molecular formula is C25H18Cl3NO4.